The van der Waals surface area contributed by atoms with Gasteiger partial charge >= 0.3 is 0 Å². The third kappa shape index (κ3) is 7.60. The molecule has 0 saturated heterocycles. The Bertz CT molecular complexity index is 2630. The molecule has 8 rings (SSSR count). The van der Waals surface area contributed by atoms with Crippen LogP contribution >= 0.6 is 0 Å². The normalized spacial score (nSPS) is 16.8. The van der Waals surface area contributed by atoms with Gasteiger partial charge in [-0.2, -0.15) is 0 Å². The Kier molecular flexibility index (Phi) is 11.0. The first-order valence-electron chi connectivity index (χ1n) is 22.5. The SMILES string of the molecule is Cc1cc(C)c(N2C(c3cc(Oc4ccc5c(c4)N(c4cc(C(C)(C)C)ccn4)c4ccccc4C5(C)C)cc(-c4ccccn4)c3)=N[C@H](C(C(C)C)C(C)C)C2(C)C)c(C)c1. The van der Waals surface area contributed by atoms with Crippen molar-refractivity contribution in [2.75, 3.05) is 9.80 Å². The predicted molar refractivity (Wildman–Crippen MR) is 260 cm³/mol. The van der Waals surface area contributed by atoms with Gasteiger partial charge in [-0.3, -0.25) is 14.9 Å². The van der Waals surface area contributed by atoms with Crippen LogP contribution in [0.2, 0.25) is 0 Å². The van der Waals surface area contributed by atoms with Crippen molar-refractivity contribution < 1.29 is 4.74 Å². The lowest BCUT2D eigenvalue weighted by molar-refractivity contribution is 0.196. The summed E-state index contributed by atoms with van der Waals surface area (Å²) in [6.07, 6.45) is 3.80. The van der Waals surface area contributed by atoms with Crippen molar-refractivity contribution in [2.45, 2.75) is 119 Å². The molecule has 6 aromatic rings. The maximum absolute atomic E-state index is 7.08. The van der Waals surface area contributed by atoms with Gasteiger partial charge in [-0.05, 0) is 140 Å². The molecule has 320 valence electrons. The zero-order valence-corrected chi connectivity index (χ0v) is 39.4. The number of rotatable bonds is 9. The van der Waals surface area contributed by atoms with Crippen LogP contribution in [0.3, 0.4) is 0 Å². The van der Waals surface area contributed by atoms with Crippen molar-refractivity contribution in [2.24, 2.45) is 22.7 Å². The number of ether oxygens (including phenoxy) is 1. The number of aliphatic imine (C=N–C) groups is 1. The highest BCUT2D eigenvalue weighted by Gasteiger charge is 2.50. The molecule has 0 spiro atoms. The van der Waals surface area contributed by atoms with E-state index in [1.54, 1.807) is 0 Å². The van der Waals surface area contributed by atoms with Gasteiger partial charge in [0.25, 0.3) is 0 Å². The van der Waals surface area contributed by atoms with Crippen LogP contribution in [0.25, 0.3) is 11.3 Å². The van der Waals surface area contributed by atoms with Gasteiger partial charge in [-0.1, -0.05) is 110 Å². The van der Waals surface area contributed by atoms with Crippen LogP contribution in [-0.2, 0) is 10.8 Å². The van der Waals surface area contributed by atoms with E-state index >= 15 is 0 Å². The first kappa shape index (κ1) is 42.9. The lowest BCUT2D eigenvalue weighted by Crippen LogP contribution is -2.53. The third-order valence-corrected chi connectivity index (χ3v) is 13.4. The van der Waals surface area contributed by atoms with E-state index < -0.39 is 0 Å². The number of nitrogens with zero attached hydrogens (tertiary/aromatic N) is 5. The summed E-state index contributed by atoms with van der Waals surface area (Å²) in [5.41, 5.74) is 13.1. The van der Waals surface area contributed by atoms with E-state index in [0.717, 1.165) is 51.3 Å². The molecule has 0 fully saturated rings. The highest BCUT2D eigenvalue weighted by Crippen LogP contribution is 2.53. The molecule has 4 aromatic carbocycles. The molecule has 1 atom stereocenters. The summed E-state index contributed by atoms with van der Waals surface area (Å²) < 4.78 is 7.08. The molecule has 2 aliphatic heterocycles. The van der Waals surface area contributed by atoms with Gasteiger partial charge < -0.3 is 9.64 Å². The number of fused-ring (bicyclic) bond motifs is 2. The fourth-order valence-electron chi connectivity index (χ4n) is 10.6. The van der Waals surface area contributed by atoms with Gasteiger partial charge in [0, 0.05) is 40.7 Å². The Morgan fingerprint density at radius 3 is 1.97 bits per heavy atom. The quantitative estimate of drug-likeness (QED) is 0.145. The van der Waals surface area contributed by atoms with E-state index in [2.05, 4.69) is 198 Å². The summed E-state index contributed by atoms with van der Waals surface area (Å²) in [7, 11) is 0. The number of para-hydroxylation sites is 1. The second kappa shape index (κ2) is 15.9. The minimum Gasteiger partial charge on any atom is -0.457 e. The molecule has 4 heterocycles. The third-order valence-electron chi connectivity index (χ3n) is 13.4. The molecule has 0 bridgehead atoms. The van der Waals surface area contributed by atoms with Crippen molar-refractivity contribution in [1.29, 1.82) is 0 Å². The Morgan fingerprint density at radius 2 is 1.31 bits per heavy atom. The van der Waals surface area contributed by atoms with Crippen molar-refractivity contribution >= 4 is 28.7 Å². The van der Waals surface area contributed by atoms with Crippen LogP contribution in [0.1, 0.15) is 115 Å². The number of anilines is 4. The average molecular weight is 824 g/mol. The first-order valence-corrected chi connectivity index (χ1v) is 22.5. The lowest BCUT2D eigenvalue weighted by atomic mass is 9.73. The molecule has 0 amide bonds. The number of aromatic nitrogens is 2. The molecule has 0 radical (unpaired) electrons. The van der Waals surface area contributed by atoms with E-state index in [0.29, 0.717) is 17.8 Å². The monoisotopic (exact) mass is 824 g/mol. The van der Waals surface area contributed by atoms with Gasteiger partial charge in [0.2, 0.25) is 0 Å². The van der Waals surface area contributed by atoms with E-state index in [9.17, 15) is 0 Å². The Balaban J connectivity index is 1.31. The number of pyridine rings is 2. The summed E-state index contributed by atoms with van der Waals surface area (Å²) >= 11 is 0. The van der Waals surface area contributed by atoms with E-state index in [1.165, 1.54) is 39.1 Å². The van der Waals surface area contributed by atoms with Gasteiger partial charge in [-0.15, -0.1) is 0 Å². The predicted octanol–water partition coefficient (Wildman–Crippen LogP) is 14.6. The summed E-state index contributed by atoms with van der Waals surface area (Å²) in [6.45, 7) is 32.2. The number of aryl methyl sites for hydroxylation is 3. The van der Waals surface area contributed by atoms with Crippen molar-refractivity contribution in [3.63, 3.8) is 0 Å². The molecule has 6 heteroatoms. The Labute approximate surface area is 371 Å². The average Bonchev–Trinajstić information content (AvgIpc) is 3.46. The fourth-order valence-corrected chi connectivity index (χ4v) is 10.6. The largest absolute Gasteiger partial charge is 0.457 e. The van der Waals surface area contributed by atoms with Crippen LogP contribution in [0.4, 0.5) is 22.9 Å². The Hall–Kier alpha value is -5.75. The second-order valence-electron chi connectivity index (χ2n) is 20.6. The van der Waals surface area contributed by atoms with E-state index in [1.807, 2.05) is 24.5 Å². The van der Waals surface area contributed by atoms with Crippen LogP contribution in [-0.4, -0.2) is 27.4 Å². The summed E-state index contributed by atoms with van der Waals surface area (Å²) in [6, 6.07) is 36.9. The molecule has 0 N–H and O–H groups in total. The van der Waals surface area contributed by atoms with Crippen LogP contribution in [0.5, 0.6) is 11.5 Å². The number of hydrogen-bond acceptors (Lipinski definition) is 6. The minimum atomic E-state index is -0.315. The fraction of sp³-hybridized carbons (Fsp3) is 0.375. The van der Waals surface area contributed by atoms with E-state index in [-0.39, 0.29) is 22.4 Å². The number of hydrogen-bond donors (Lipinski definition) is 0. The molecule has 0 aliphatic carbocycles. The van der Waals surface area contributed by atoms with Gasteiger partial charge in [-0.25, -0.2) is 4.98 Å². The molecule has 2 aromatic heterocycles. The van der Waals surface area contributed by atoms with Crippen molar-refractivity contribution in [3.8, 4) is 22.8 Å². The summed E-state index contributed by atoms with van der Waals surface area (Å²) in [5, 5.41) is 0. The second-order valence-corrected chi connectivity index (χ2v) is 20.6. The molecular formula is C56H65N5O. The van der Waals surface area contributed by atoms with Crippen LogP contribution in [0.15, 0.2) is 121 Å². The summed E-state index contributed by atoms with van der Waals surface area (Å²) in [5.74, 6) is 4.60. The molecule has 2 aliphatic rings. The molecule has 0 saturated carbocycles. The van der Waals surface area contributed by atoms with Crippen LogP contribution < -0.4 is 14.5 Å². The van der Waals surface area contributed by atoms with Gasteiger partial charge in [0.15, 0.2) is 0 Å². The van der Waals surface area contributed by atoms with Gasteiger partial charge in [0.05, 0.1) is 28.6 Å². The zero-order valence-electron chi connectivity index (χ0n) is 39.4. The first-order chi connectivity index (χ1) is 29.3. The molecular weight excluding hydrogens is 759 g/mol. The maximum atomic E-state index is 7.08. The van der Waals surface area contributed by atoms with Crippen molar-refractivity contribution in [1.82, 2.24) is 9.97 Å². The number of benzene rings is 4. The molecule has 6 nitrogen and oxygen atoms in total. The lowest BCUT2D eigenvalue weighted by Gasteiger charge is -2.43. The highest BCUT2D eigenvalue weighted by molar-refractivity contribution is 6.14. The summed E-state index contributed by atoms with van der Waals surface area (Å²) in [4.78, 5) is 20.5. The molecule has 62 heavy (non-hydrogen) atoms. The van der Waals surface area contributed by atoms with Crippen molar-refractivity contribution in [3.05, 3.63) is 154 Å². The Morgan fingerprint density at radius 1 is 0.645 bits per heavy atom. The molecule has 0 unspecified atom stereocenters. The topological polar surface area (TPSA) is 53.9 Å². The zero-order chi connectivity index (χ0) is 44.5. The standard InChI is InChI=1S/C56H65N5O/c1-34(2)50(35(3)4)52-56(13,14)61(51-37(6)27-36(5)28-38(51)7)53(59-52)40-29-39(46-20-17-18-25-57-46)30-43(31-40)62-42-22-23-45-48(33-42)60(47-21-16-15-19-44(47)55(45,11)12)49-32-41(24-26-58-49)54(8,9)10/h15-35,50,52H,1-14H3/t52-/m1/s1. The maximum Gasteiger partial charge on any atom is 0.137 e. The minimum absolute atomic E-state index is 0.0356. The smallest absolute Gasteiger partial charge is 0.137 e. The highest BCUT2D eigenvalue weighted by atomic mass is 16.5. The number of amidine groups is 1. The van der Waals surface area contributed by atoms with Crippen LogP contribution in [0, 0.1) is 38.5 Å². The van der Waals surface area contributed by atoms with Gasteiger partial charge in [0.1, 0.15) is 23.2 Å². The van der Waals surface area contributed by atoms with E-state index in [4.69, 9.17) is 19.7 Å².